The third kappa shape index (κ3) is 1.70. The summed E-state index contributed by atoms with van der Waals surface area (Å²) in [5, 5.41) is 0. The lowest BCUT2D eigenvalue weighted by atomic mass is 9.96. The van der Waals surface area contributed by atoms with E-state index >= 15 is 0 Å². The lowest BCUT2D eigenvalue weighted by Crippen LogP contribution is -2.27. The monoisotopic (exact) mass is 278 g/mol. The average molecular weight is 278 g/mol. The molecule has 3 aliphatic heterocycles. The van der Waals surface area contributed by atoms with E-state index in [1.165, 1.54) is 0 Å². The minimum Gasteiger partial charge on any atom is -0.373 e. The molecular formula is C13H14N2O3S. The van der Waals surface area contributed by atoms with Crippen molar-refractivity contribution in [2.75, 3.05) is 0 Å². The molecule has 2 fully saturated rings. The SMILES string of the molecule is O=S1(=O)NC(=N[C@H]2CC3CCC2O3)c2ccccc21. The zero-order valence-corrected chi connectivity index (χ0v) is 11.1. The molecule has 2 unspecified atom stereocenters. The van der Waals surface area contributed by atoms with Crippen LogP contribution in [0.5, 0.6) is 0 Å². The highest BCUT2D eigenvalue weighted by atomic mass is 32.2. The summed E-state index contributed by atoms with van der Waals surface area (Å²) in [5.74, 6) is 0.469. The van der Waals surface area contributed by atoms with E-state index in [1.54, 1.807) is 18.2 Å². The molecule has 2 bridgehead atoms. The predicted molar refractivity (Wildman–Crippen MR) is 69.6 cm³/mol. The minimum atomic E-state index is -3.43. The van der Waals surface area contributed by atoms with Gasteiger partial charge in [0, 0.05) is 5.56 Å². The van der Waals surface area contributed by atoms with Crippen LogP contribution in [-0.2, 0) is 14.8 Å². The molecule has 4 rings (SSSR count). The van der Waals surface area contributed by atoms with E-state index in [-0.39, 0.29) is 12.1 Å². The van der Waals surface area contributed by atoms with Gasteiger partial charge in [0.2, 0.25) is 0 Å². The number of hydrogen-bond donors (Lipinski definition) is 1. The summed E-state index contributed by atoms with van der Waals surface area (Å²) < 4.78 is 32.2. The molecule has 0 amide bonds. The topological polar surface area (TPSA) is 67.8 Å². The molecule has 1 aromatic carbocycles. The van der Waals surface area contributed by atoms with Crippen LogP contribution in [-0.4, -0.2) is 32.5 Å². The van der Waals surface area contributed by atoms with Crippen molar-refractivity contribution in [2.45, 2.75) is 42.4 Å². The summed E-state index contributed by atoms with van der Waals surface area (Å²) >= 11 is 0. The van der Waals surface area contributed by atoms with Crippen LogP contribution in [0, 0.1) is 0 Å². The highest BCUT2D eigenvalue weighted by Gasteiger charge is 2.42. The van der Waals surface area contributed by atoms with E-state index in [2.05, 4.69) is 9.71 Å². The molecule has 3 atom stereocenters. The van der Waals surface area contributed by atoms with Crippen molar-refractivity contribution >= 4 is 15.9 Å². The lowest BCUT2D eigenvalue weighted by Gasteiger charge is -2.14. The summed E-state index contributed by atoms with van der Waals surface area (Å²) in [5.41, 5.74) is 0.672. The second-order valence-corrected chi connectivity index (χ2v) is 6.91. The van der Waals surface area contributed by atoms with Gasteiger partial charge < -0.3 is 4.74 Å². The smallest absolute Gasteiger partial charge is 0.263 e. The Hall–Kier alpha value is -1.40. The van der Waals surface area contributed by atoms with Gasteiger partial charge in [-0.3, -0.25) is 9.71 Å². The third-order valence-corrected chi connectivity index (χ3v) is 5.43. The van der Waals surface area contributed by atoms with E-state index in [0.717, 1.165) is 19.3 Å². The minimum absolute atomic E-state index is 0.0857. The summed E-state index contributed by atoms with van der Waals surface area (Å²) in [4.78, 5) is 4.91. The van der Waals surface area contributed by atoms with Crippen LogP contribution >= 0.6 is 0 Å². The van der Waals surface area contributed by atoms with Crippen LogP contribution in [0.2, 0.25) is 0 Å². The first-order valence-corrected chi connectivity index (χ1v) is 7.97. The Kier molecular flexibility index (Phi) is 2.29. The van der Waals surface area contributed by atoms with Crippen LogP contribution in [0.15, 0.2) is 34.2 Å². The van der Waals surface area contributed by atoms with Crippen LogP contribution in [0.1, 0.15) is 24.8 Å². The molecule has 2 saturated heterocycles. The molecule has 6 heteroatoms. The summed E-state index contributed by atoms with van der Waals surface area (Å²) in [6.45, 7) is 0. The second-order valence-electron chi connectivity index (χ2n) is 5.26. The number of fused-ring (bicyclic) bond motifs is 3. The number of nitrogens with zero attached hydrogens (tertiary/aromatic N) is 1. The zero-order valence-electron chi connectivity index (χ0n) is 10.2. The fourth-order valence-corrected chi connectivity index (χ4v) is 4.38. The lowest BCUT2D eigenvalue weighted by molar-refractivity contribution is 0.101. The molecule has 0 radical (unpaired) electrons. The van der Waals surface area contributed by atoms with E-state index in [9.17, 15) is 8.42 Å². The first kappa shape index (κ1) is 11.4. The number of aliphatic imine (C=N–C) groups is 1. The fraction of sp³-hybridized carbons (Fsp3) is 0.462. The average Bonchev–Trinajstić information content (AvgIpc) is 3.05. The fourth-order valence-electron chi connectivity index (χ4n) is 3.14. The van der Waals surface area contributed by atoms with Crippen molar-refractivity contribution in [1.29, 1.82) is 0 Å². The number of benzene rings is 1. The van der Waals surface area contributed by atoms with Gasteiger partial charge in [0.25, 0.3) is 10.0 Å². The van der Waals surface area contributed by atoms with Crippen LogP contribution in [0.3, 0.4) is 0 Å². The second kappa shape index (κ2) is 3.80. The first-order chi connectivity index (χ1) is 9.13. The van der Waals surface area contributed by atoms with Gasteiger partial charge in [0.05, 0.1) is 23.1 Å². The molecule has 1 aromatic rings. The van der Waals surface area contributed by atoms with Gasteiger partial charge in [-0.25, -0.2) is 8.42 Å². The zero-order chi connectivity index (χ0) is 13.0. The highest BCUT2D eigenvalue weighted by molar-refractivity contribution is 7.90. The number of sulfonamides is 1. The van der Waals surface area contributed by atoms with Crippen molar-refractivity contribution in [2.24, 2.45) is 4.99 Å². The Balaban J connectivity index is 1.74. The number of nitrogens with one attached hydrogen (secondary N) is 1. The van der Waals surface area contributed by atoms with E-state index in [4.69, 9.17) is 4.74 Å². The van der Waals surface area contributed by atoms with Gasteiger partial charge in [-0.2, -0.15) is 0 Å². The van der Waals surface area contributed by atoms with Crippen molar-refractivity contribution in [1.82, 2.24) is 4.72 Å². The molecule has 3 aliphatic rings. The maximum Gasteiger partial charge on any atom is 0.263 e. The molecule has 19 heavy (non-hydrogen) atoms. The Morgan fingerprint density at radius 2 is 2.11 bits per heavy atom. The van der Waals surface area contributed by atoms with Crippen LogP contribution in [0.25, 0.3) is 0 Å². The molecule has 1 N–H and O–H groups in total. The molecule has 0 aromatic heterocycles. The van der Waals surface area contributed by atoms with Gasteiger partial charge in [-0.1, -0.05) is 12.1 Å². The number of ether oxygens (including phenoxy) is 1. The molecule has 5 nitrogen and oxygen atoms in total. The largest absolute Gasteiger partial charge is 0.373 e. The maximum atomic E-state index is 12.0. The van der Waals surface area contributed by atoms with Gasteiger partial charge in [-0.15, -0.1) is 0 Å². The molecular weight excluding hydrogens is 264 g/mol. The van der Waals surface area contributed by atoms with E-state index < -0.39 is 10.0 Å². The van der Waals surface area contributed by atoms with E-state index in [1.807, 2.05) is 6.07 Å². The first-order valence-electron chi connectivity index (χ1n) is 6.49. The highest BCUT2D eigenvalue weighted by Crippen LogP contribution is 2.36. The number of amidine groups is 1. The summed E-state index contributed by atoms with van der Waals surface area (Å²) in [6, 6.07) is 7.04. The number of hydrogen-bond acceptors (Lipinski definition) is 4. The van der Waals surface area contributed by atoms with Gasteiger partial charge in [0.1, 0.15) is 5.84 Å². The van der Waals surface area contributed by atoms with Gasteiger partial charge in [-0.05, 0) is 31.4 Å². The maximum absolute atomic E-state index is 12.0. The normalized spacial score (nSPS) is 36.4. The molecule has 3 heterocycles. The van der Waals surface area contributed by atoms with Gasteiger partial charge >= 0.3 is 0 Å². The third-order valence-electron chi connectivity index (χ3n) is 4.03. The quantitative estimate of drug-likeness (QED) is 0.834. The standard InChI is InChI=1S/C13H14N2O3S/c16-19(17)12-4-2-1-3-9(12)13(15-19)14-10-7-8-5-6-11(10)18-8/h1-4,8,10-11H,5-7H2,(H,14,15)/t8?,10-,11?/m0/s1. The van der Waals surface area contributed by atoms with Crippen LogP contribution in [0.4, 0.5) is 0 Å². The molecule has 0 aliphatic carbocycles. The Bertz CT molecular complexity index is 668. The van der Waals surface area contributed by atoms with E-state index in [0.29, 0.717) is 22.4 Å². The summed E-state index contributed by atoms with van der Waals surface area (Å²) in [6.07, 6.45) is 3.51. The van der Waals surface area contributed by atoms with Crippen molar-refractivity contribution in [3.63, 3.8) is 0 Å². The molecule has 0 spiro atoms. The Morgan fingerprint density at radius 1 is 1.26 bits per heavy atom. The molecule has 0 saturated carbocycles. The Labute approximate surface area is 111 Å². The van der Waals surface area contributed by atoms with Crippen molar-refractivity contribution in [3.05, 3.63) is 29.8 Å². The van der Waals surface area contributed by atoms with Crippen LogP contribution < -0.4 is 4.72 Å². The van der Waals surface area contributed by atoms with Gasteiger partial charge in [0.15, 0.2) is 0 Å². The summed E-state index contributed by atoms with van der Waals surface area (Å²) in [7, 11) is -3.43. The molecule has 100 valence electrons. The predicted octanol–water partition coefficient (Wildman–Crippen LogP) is 1.04. The number of rotatable bonds is 1. The Morgan fingerprint density at radius 3 is 2.84 bits per heavy atom. The van der Waals surface area contributed by atoms with Crippen molar-refractivity contribution in [3.8, 4) is 0 Å². The van der Waals surface area contributed by atoms with Crippen molar-refractivity contribution < 1.29 is 13.2 Å².